The zero-order valence-electron chi connectivity index (χ0n) is 10.5. The Morgan fingerprint density at radius 3 is 2.78 bits per heavy atom. The molecule has 102 valence electrons. The smallest absolute Gasteiger partial charge is 0.254 e. The first-order valence-electron chi connectivity index (χ1n) is 5.59. The summed E-state index contributed by atoms with van der Waals surface area (Å²) in [7, 11) is -3.55. The normalized spacial score (nSPS) is 11.8. The van der Waals surface area contributed by atoms with E-state index in [-0.39, 0.29) is 18.2 Å². The lowest BCUT2D eigenvalue weighted by Gasteiger charge is -2.04. The number of carbonyl (C=O) groups excluding carboxylic acids is 1. The second kappa shape index (κ2) is 5.96. The fourth-order valence-corrected chi connectivity index (χ4v) is 1.75. The van der Waals surface area contributed by atoms with Crippen LogP contribution in [0, 0.1) is 5.92 Å². The molecule has 1 rings (SSSR count). The number of sulfonamides is 1. The van der Waals surface area contributed by atoms with Gasteiger partial charge < -0.3 is 5.32 Å². The minimum atomic E-state index is -3.55. The Kier molecular flexibility index (Phi) is 4.85. The highest BCUT2D eigenvalue weighted by Crippen LogP contribution is 2.01. The van der Waals surface area contributed by atoms with Crippen LogP contribution in [0.15, 0.2) is 12.4 Å². The molecule has 1 aromatic heterocycles. The number of rotatable bonds is 6. The molecule has 0 radical (unpaired) electrons. The maximum Gasteiger partial charge on any atom is 0.254 e. The first kappa shape index (κ1) is 14.7. The van der Waals surface area contributed by atoms with Crippen molar-refractivity contribution >= 4 is 15.9 Å². The van der Waals surface area contributed by atoms with Crippen LogP contribution in [0.4, 0.5) is 0 Å². The van der Waals surface area contributed by atoms with Crippen molar-refractivity contribution in [3.8, 4) is 0 Å². The largest absolute Gasteiger partial charge is 0.351 e. The lowest BCUT2D eigenvalue weighted by atomic mass is 10.2. The third-order valence-corrected chi connectivity index (χ3v) is 2.89. The minimum absolute atomic E-state index is 0.00692. The van der Waals surface area contributed by atoms with Gasteiger partial charge in [0, 0.05) is 19.3 Å². The quantitative estimate of drug-likeness (QED) is 0.733. The van der Waals surface area contributed by atoms with Crippen molar-refractivity contribution in [2.45, 2.75) is 20.4 Å². The lowest BCUT2D eigenvalue weighted by molar-refractivity contribution is 0.0956. The van der Waals surface area contributed by atoms with E-state index in [1.165, 1.54) is 6.20 Å². The maximum atomic E-state index is 11.6. The molecule has 0 saturated heterocycles. The molecule has 0 bridgehead atoms. The predicted molar refractivity (Wildman–Crippen MR) is 67.4 cm³/mol. The summed E-state index contributed by atoms with van der Waals surface area (Å²) in [4.78, 5) is 11.6. The van der Waals surface area contributed by atoms with Gasteiger partial charge in [-0.25, -0.2) is 13.6 Å². The Morgan fingerprint density at radius 1 is 1.56 bits per heavy atom. The minimum Gasteiger partial charge on any atom is -0.351 e. The molecule has 0 spiro atoms. The summed E-state index contributed by atoms with van der Waals surface area (Å²) in [5.41, 5.74) is 0.407. The van der Waals surface area contributed by atoms with Gasteiger partial charge in [-0.1, -0.05) is 13.8 Å². The zero-order chi connectivity index (χ0) is 13.8. The Balaban J connectivity index is 2.49. The molecule has 0 fully saturated rings. The summed E-state index contributed by atoms with van der Waals surface area (Å²) in [5.74, 6) is -0.198. The first-order valence-corrected chi connectivity index (χ1v) is 7.30. The Hall–Kier alpha value is -1.41. The number of nitrogens with one attached hydrogen (secondary N) is 1. The second-order valence-corrected chi connectivity index (χ2v) is 6.20. The topological polar surface area (TPSA) is 107 Å². The van der Waals surface area contributed by atoms with Crippen LogP contribution in [0.25, 0.3) is 0 Å². The van der Waals surface area contributed by atoms with Crippen molar-refractivity contribution in [3.05, 3.63) is 18.0 Å². The monoisotopic (exact) mass is 274 g/mol. The molecule has 0 atom stereocenters. The van der Waals surface area contributed by atoms with Crippen LogP contribution < -0.4 is 10.5 Å². The van der Waals surface area contributed by atoms with Gasteiger partial charge in [0.25, 0.3) is 5.91 Å². The van der Waals surface area contributed by atoms with Crippen molar-refractivity contribution in [2.75, 3.05) is 12.3 Å². The molecule has 0 unspecified atom stereocenters. The zero-order valence-corrected chi connectivity index (χ0v) is 11.3. The molecular formula is C10H18N4O3S. The summed E-state index contributed by atoms with van der Waals surface area (Å²) < 4.78 is 23.0. The van der Waals surface area contributed by atoms with E-state index in [0.717, 1.165) is 6.54 Å². The van der Waals surface area contributed by atoms with Crippen molar-refractivity contribution < 1.29 is 13.2 Å². The molecule has 3 N–H and O–H groups in total. The van der Waals surface area contributed by atoms with Crippen molar-refractivity contribution in [1.29, 1.82) is 0 Å². The number of carbonyl (C=O) groups is 1. The number of hydrogen-bond acceptors (Lipinski definition) is 4. The molecule has 1 aromatic rings. The predicted octanol–water partition coefficient (Wildman–Crippen LogP) is -0.443. The second-order valence-electron chi connectivity index (χ2n) is 4.47. The number of hydrogen-bond donors (Lipinski definition) is 2. The van der Waals surface area contributed by atoms with E-state index in [1.54, 1.807) is 10.9 Å². The van der Waals surface area contributed by atoms with Gasteiger partial charge >= 0.3 is 0 Å². The molecular weight excluding hydrogens is 256 g/mol. The van der Waals surface area contributed by atoms with E-state index >= 15 is 0 Å². The highest BCUT2D eigenvalue weighted by molar-refractivity contribution is 7.89. The lowest BCUT2D eigenvalue weighted by Crippen LogP contribution is -2.31. The van der Waals surface area contributed by atoms with Gasteiger partial charge in [-0.2, -0.15) is 5.10 Å². The highest BCUT2D eigenvalue weighted by Gasteiger charge is 2.10. The van der Waals surface area contributed by atoms with E-state index in [9.17, 15) is 13.2 Å². The van der Waals surface area contributed by atoms with Gasteiger partial charge in [0.1, 0.15) is 0 Å². The van der Waals surface area contributed by atoms with E-state index in [1.807, 2.05) is 13.8 Å². The summed E-state index contributed by atoms with van der Waals surface area (Å²) in [5, 5.41) is 11.3. The Labute approximate surface area is 106 Å². The highest BCUT2D eigenvalue weighted by atomic mass is 32.2. The standard InChI is InChI=1S/C10H18N4O3S/c1-8(2)6-14-7-9(5-13-14)10(15)12-3-4-18(11,16)17/h5,7-8H,3-4,6H2,1-2H3,(H,12,15)(H2,11,16,17). The van der Waals surface area contributed by atoms with E-state index in [4.69, 9.17) is 5.14 Å². The van der Waals surface area contributed by atoms with E-state index < -0.39 is 10.0 Å². The van der Waals surface area contributed by atoms with Gasteiger partial charge in [0.2, 0.25) is 10.0 Å². The fraction of sp³-hybridized carbons (Fsp3) is 0.600. The van der Waals surface area contributed by atoms with Crippen LogP contribution in [0.2, 0.25) is 0 Å². The number of aromatic nitrogens is 2. The number of nitrogens with two attached hydrogens (primary N) is 1. The molecule has 0 aromatic carbocycles. The van der Waals surface area contributed by atoms with Crippen molar-refractivity contribution in [1.82, 2.24) is 15.1 Å². The van der Waals surface area contributed by atoms with Crippen LogP contribution in [-0.4, -0.2) is 36.4 Å². The van der Waals surface area contributed by atoms with Gasteiger partial charge in [-0.3, -0.25) is 9.48 Å². The average Bonchev–Trinajstić information content (AvgIpc) is 2.63. The van der Waals surface area contributed by atoms with Crippen molar-refractivity contribution in [2.24, 2.45) is 11.1 Å². The molecule has 8 heteroatoms. The van der Waals surface area contributed by atoms with E-state index in [2.05, 4.69) is 10.4 Å². The third-order valence-electron chi connectivity index (χ3n) is 2.12. The molecule has 7 nitrogen and oxygen atoms in total. The Morgan fingerprint density at radius 2 is 2.22 bits per heavy atom. The molecule has 0 aliphatic carbocycles. The molecule has 1 amide bonds. The van der Waals surface area contributed by atoms with Crippen LogP contribution in [0.5, 0.6) is 0 Å². The summed E-state index contributed by atoms with van der Waals surface area (Å²) in [6, 6.07) is 0. The number of amides is 1. The van der Waals surface area contributed by atoms with Crippen LogP contribution in [0.3, 0.4) is 0 Å². The molecule has 0 aliphatic heterocycles. The van der Waals surface area contributed by atoms with Crippen LogP contribution in [0.1, 0.15) is 24.2 Å². The number of nitrogens with zero attached hydrogens (tertiary/aromatic N) is 2. The Bertz CT molecular complexity index is 507. The molecule has 18 heavy (non-hydrogen) atoms. The van der Waals surface area contributed by atoms with Crippen LogP contribution in [-0.2, 0) is 16.6 Å². The van der Waals surface area contributed by atoms with Crippen molar-refractivity contribution in [3.63, 3.8) is 0 Å². The molecule has 0 saturated carbocycles. The summed E-state index contributed by atoms with van der Waals surface area (Å²) >= 11 is 0. The van der Waals surface area contributed by atoms with Crippen LogP contribution >= 0.6 is 0 Å². The fourth-order valence-electron chi connectivity index (χ4n) is 1.36. The van der Waals surface area contributed by atoms with Gasteiger partial charge in [-0.15, -0.1) is 0 Å². The number of primary sulfonamides is 1. The van der Waals surface area contributed by atoms with Gasteiger partial charge in [0.15, 0.2) is 0 Å². The van der Waals surface area contributed by atoms with Gasteiger partial charge in [0.05, 0.1) is 17.5 Å². The summed E-state index contributed by atoms with van der Waals surface area (Å²) in [6.07, 6.45) is 3.08. The average molecular weight is 274 g/mol. The van der Waals surface area contributed by atoms with Gasteiger partial charge in [-0.05, 0) is 5.92 Å². The summed E-state index contributed by atoms with van der Waals surface area (Å²) in [6.45, 7) is 4.82. The maximum absolute atomic E-state index is 11.6. The molecule has 1 heterocycles. The molecule has 0 aliphatic rings. The van der Waals surface area contributed by atoms with E-state index in [0.29, 0.717) is 11.5 Å². The third kappa shape index (κ3) is 5.28. The SMILES string of the molecule is CC(C)Cn1cc(C(=O)NCCS(N)(=O)=O)cn1. The first-order chi connectivity index (χ1) is 8.28.